The van der Waals surface area contributed by atoms with Crippen LogP contribution in [0.4, 0.5) is 5.69 Å². The molecule has 0 atom stereocenters. The van der Waals surface area contributed by atoms with E-state index in [2.05, 4.69) is 15.3 Å². The Hall–Kier alpha value is -3.01. The standard InChI is InChI=1S/C18H15N3O/c1-13(22)20-15-9-6-14(7-10-15)8-11-16-12-19-17-4-2-3-5-18(17)21-16/h2-12H,1H3,(H,20,22)/b11-8+. The number of nitrogens with one attached hydrogen (secondary N) is 1. The summed E-state index contributed by atoms with van der Waals surface area (Å²) in [5.41, 5.74) is 4.40. The highest BCUT2D eigenvalue weighted by molar-refractivity contribution is 5.88. The van der Waals surface area contributed by atoms with Crippen molar-refractivity contribution in [3.63, 3.8) is 0 Å². The highest BCUT2D eigenvalue weighted by Gasteiger charge is 1.97. The number of benzene rings is 2. The number of rotatable bonds is 3. The second-order valence-corrected chi connectivity index (χ2v) is 4.92. The molecular weight excluding hydrogens is 274 g/mol. The van der Waals surface area contributed by atoms with E-state index in [4.69, 9.17) is 0 Å². The van der Waals surface area contributed by atoms with Gasteiger partial charge in [-0.2, -0.15) is 0 Å². The van der Waals surface area contributed by atoms with Crippen molar-refractivity contribution in [2.45, 2.75) is 6.92 Å². The summed E-state index contributed by atoms with van der Waals surface area (Å²) < 4.78 is 0. The van der Waals surface area contributed by atoms with E-state index in [1.807, 2.05) is 60.7 Å². The molecule has 0 radical (unpaired) electrons. The van der Waals surface area contributed by atoms with Gasteiger partial charge in [-0.25, -0.2) is 4.98 Å². The summed E-state index contributed by atoms with van der Waals surface area (Å²) >= 11 is 0. The number of para-hydroxylation sites is 2. The second kappa shape index (κ2) is 6.18. The highest BCUT2D eigenvalue weighted by Crippen LogP contribution is 2.13. The van der Waals surface area contributed by atoms with Crippen LogP contribution in [0.25, 0.3) is 23.2 Å². The van der Waals surface area contributed by atoms with E-state index >= 15 is 0 Å². The average Bonchev–Trinajstić information content (AvgIpc) is 2.53. The van der Waals surface area contributed by atoms with Crippen molar-refractivity contribution in [2.24, 2.45) is 0 Å². The predicted molar refractivity (Wildman–Crippen MR) is 89.2 cm³/mol. The number of hydrogen-bond donors (Lipinski definition) is 1. The lowest BCUT2D eigenvalue weighted by Crippen LogP contribution is -2.05. The fourth-order valence-corrected chi connectivity index (χ4v) is 2.11. The van der Waals surface area contributed by atoms with Crippen LogP contribution < -0.4 is 5.32 Å². The number of anilines is 1. The summed E-state index contributed by atoms with van der Waals surface area (Å²) in [5.74, 6) is -0.0743. The maximum absolute atomic E-state index is 11.0. The zero-order valence-corrected chi connectivity index (χ0v) is 12.2. The number of aromatic nitrogens is 2. The predicted octanol–water partition coefficient (Wildman–Crippen LogP) is 3.76. The van der Waals surface area contributed by atoms with E-state index < -0.39 is 0 Å². The van der Waals surface area contributed by atoms with Crippen LogP contribution in [0.3, 0.4) is 0 Å². The minimum atomic E-state index is -0.0743. The zero-order chi connectivity index (χ0) is 15.4. The first-order valence-electron chi connectivity index (χ1n) is 6.98. The maximum Gasteiger partial charge on any atom is 0.221 e. The smallest absolute Gasteiger partial charge is 0.221 e. The summed E-state index contributed by atoms with van der Waals surface area (Å²) in [5, 5.41) is 2.74. The first-order valence-corrected chi connectivity index (χ1v) is 6.98. The molecule has 4 heteroatoms. The average molecular weight is 289 g/mol. The van der Waals surface area contributed by atoms with Gasteiger partial charge in [0.15, 0.2) is 0 Å². The zero-order valence-electron chi connectivity index (χ0n) is 12.2. The molecular formula is C18H15N3O. The molecule has 22 heavy (non-hydrogen) atoms. The molecule has 0 unspecified atom stereocenters. The van der Waals surface area contributed by atoms with Crippen LogP contribution >= 0.6 is 0 Å². The van der Waals surface area contributed by atoms with Gasteiger partial charge < -0.3 is 5.32 Å². The molecule has 2 aromatic carbocycles. The molecule has 1 amide bonds. The Morgan fingerprint density at radius 1 is 1.00 bits per heavy atom. The Balaban J connectivity index is 1.78. The third-order valence-electron chi connectivity index (χ3n) is 3.14. The van der Waals surface area contributed by atoms with E-state index in [9.17, 15) is 4.79 Å². The number of fused-ring (bicyclic) bond motifs is 1. The molecule has 0 spiro atoms. The molecule has 3 aromatic rings. The molecule has 4 nitrogen and oxygen atoms in total. The number of carbonyl (C=O) groups excluding carboxylic acids is 1. The van der Waals surface area contributed by atoms with Gasteiger partial charge in [0.05, 0.1) is 22.9 Å². The van der Waals surface area contributed by atoms with Crippen LogP contribution in [-0.4, -0.2) is 15.9 Å². The van der Waals surface area contributed by atoms with E-state index in [0.717, 1.165) is 28.0 Å². The third kappa shape index (κ3) is 3.35. The van der Waals surface area contributed by atoms with E-state index in [1.54, 1.807) is 6.20 Å². The molecule has 1 aromatic heterocycles. The lowest BCUT2D eigenvalue weighted by Gasteiger charge is -2.02. The van der Waals surface area contributed by atoms with Crippen LogP contribution in [0.15, 0.2) is 54.7 Å². The van der Waals surface area contributed by atoms with Gasteiger partial charge in [0.1, 0.15) is 0 Å². The Morgan fingerprint density at radius 2 is 1.73 bits per heavy atom. The molecule has 108 valence electrons. The van der Waals surface area contributed by atoms with Gasteiger partial charge in [-0.15, -0.1) is 0 Å². The molecule has 0 aliphatic heterocycles. The summed E-state index contributed by atoms with van der Waals surface area (Å²) in [6.07, 6.45) is 5.65. The van der Waals surface area contributed by atoms with Crippen molar-refractivity contribution >= 4 is 34.8 Å². The van der Waals surface area contributed by atoms with Crippen molar-refractivity contribution in [3.05, 3.63) is 66.0 Å². The first-order chi connectivity index (χ1) is 10.7. The SMILES string of the molecule is CC(=O)Nc1ccc(/C=C/c2cnc3ccccc3n2)cc1. The van der Waals surface area contributed by atoms with Crippen molar-refractivity contribution in [2.75, 3.05) is 5.32 Å². The number of nitrogens with zero attached hydrogens (tertiary/aromatic N) is 2. The van der Waals surface area contributed by atoms with Crippen molar-refractivity contribution in [1.82, 2.24) is 9.97 Å². The fraction of sp³-hybridized carbons (Fsp3) is 0.0556. The van der Waals surface area contributed by atoms with Crippen LogP contribution in [0.1, 0.15) is 18.2 Å². The fourth-order valence-electron chi connectivity index (χ4n) is 2.11. The van der Waals surface area contributed by atoms with E-state index in [0.29, 0.717) is 0 Å². The van der Waals surface area contributed by atoms with Crippen LogP contribution in [0.5, 0.6) is 0 Å². The summed E-state index contributed by atoms with van der Waals surface area (Å²) in [6.45, 7) is 1.49. The Labute approximate surface area is 128 Å². The van der Waals surface area contributed by atoms with Gasteiger partial charge >= 0.3 is 0 Å². The Kier molecular flexibility index (Phi) is 3.92. The van der Waals surface area contributed by atoms with Gasteiger partial charge in [-0.1, -0.05) is 30.3 Å². The summed E-state index contributed by atoms with van der Waals surface area (Å²) in [7, 11) is 0. The van der Waals surface area contributed by atoms with E-state index in [1.165, 1.54) is 6.92 Å². The highest BCUT2D eigenvalue weighted by atomic mass is 16.1. The lowest BCUT2D eigenvalue weighted by molar-refractivity contribution is -0.114. The lowest BCUT2D eigenvalue weighted by atomic mass is 10.2. The van der Waals surface area contributed by atoms with Gasteiger partial charge in [-0.05, 0) is 35.9 Å². The minimum absolute atomic E-state index is 0.0743. The molecule has 3 rings (SSSR count). The largest absolute Gasteiger partial charge is 0.326 e. The van der Waals surface area contributed by atoms with Crippen LogP contribution in [0, 0.1) is 0 Å². The molecule has 0 fully saturated rings. The number of hydrogen-bond acceptors (Lipinski definition) is 3. The number of carbonyl (C=O) groups is 1. The van der Waals surface area contributed by atoms with Crippen molar-refractivity contribution in [3.8, 4) is 0 Å². The Morgan fingerprint density at radius 3 is 2.45 bits per heavy atom. The molecule has 1 heterocycles. The van der Waals surface area contributed by atoms with Gasteiger partial charge in [0.25, 0.3) is 0 Å². The maximum atomic E-state index is 11.0. The quantitative estimate of drug-likeness (QED) is 0.798. The minimum Gasteiger partial charge on any atom is -0.326 e. The molecule has 0 saturated carbocycles. The molecule has 0 saturated heterocycles. The molecule has 1 N–H and O–H groups in total. The molecule has 0 bridgehead atoms. The van der Waals surface area contributed by atoms with Gasteiger partial charge in [0.2, 0.25) is 5.91 Å². The van der Waals surface area contributed by atoms with Crippen molar-refractivity contribution in [1.29, 1.82) is 0 Å². The van der Waals surface area contributed by atoms with Crippen molar-refractivity contribution < 1.29 is 4.79 Å². The van der Waals surface area contributed by atoms with Gasteiger partial charge in [0, 0.05) is 12.6 Å². The summed E-state index contributed by atoms with van der Waals surface area (Å²) in [4.78, 5) is 19.9. The molecule has 0 aliphatic rings. The van der Waals surface area contributed by atoms with Crippen LogP contribution in [0.2, 0.25) is 0 Å². The van der Waals surface area contributed by atoms with Crippen LogP contribution in [-0.2, 0) is 4.79 Å². The Bertz CT molecular complexity index is 838. The molecule has 0 aliphatic carbocycles. The first kappa shape index (κ1) is 13.9. The summed E-state index contributed by atoms with van der Waals surface area (Å²) in [6, 6.07) is 15.4. The van der Waals surface area contributed by atoms with Gasteiger partial charge in [-0.3, -0.25) is 9.78 Å². The van der Waals surface area contributed by atoms with E-state index in [-0.39, 0.29) is 5.91 Å². The third-order valence-corrected chi connectivity index (χ3v) is 3.14. The normalized spacial score (nSPS) is 11.0. The second-order valence-electron chi connectivity index (χ2n) is 4.92. The monoisotopic (exact) mass is 289 g/mol. The topological polar surface area (TPSA) is 54.9 Å². The number of amides is 1.